The number of nitrogens with zero attached hydrogens (tertiary/aromatic N) is 3. The van der Waals surface area contributed by atoms with Gasteiger partial charge in [0.2, 0.25) is 5.91 Å². The van der Waals surface area contributed by atoms with Crippen LogP contribution in [0.4, 0.5) is 4.79 Å². The minimum absolute atomic E-state index is 0.00790. The maximum absolute atomic E-state index is 12.2. The fourth-order valence-corrected chi connectivity index (χ4v) is 4.17. The van der Waals surface area contributed by atoms with Crippen molar-refractivity contribution in [1.82, 2.24) is 20.1 Å². The van der Waals surface area contributed by atoms with Crippen molar-refractivity contribution >= 4 is 23.3 Å². The van der Waals surface area contributed by atoms with E-state index < -0.39 is 0 Å². The molecule has 0 bridgehead atoms. The Kier molecular flexibility index (Phi) is 4.33. The van der Waals surface area contributed by atoms with Crippen LogP contribution in [0.3, 0.4) is 0 Å². The maximum atomic E-state index is 12.2. The molecule has 0 unspecified atom stereocenters. The summed E-state index contributed by atoms with van der Waals surface area (Å²) in [6.07, 6.45) is 5.31. The van der Waals surface area contributed by atoms with E-state index >= 15 is 0 Å². The zero-order valence-electron chi connectivity index (χ0n) is 13.1. The average molecular weight is 322 g/mol. The lowest BCUT2D eigenvalue weighted by atomic mass is 10.0. The Morgan fingerprint density at radius 1 is 1.45 bits per heavy atom. The molecule has 1 N–H and O–H groups in total. The van der Waals surface area contributed by atoms with Crippen LogP contribution in [0, 0.1) is 0 Å². The van der Waals surface area contributed by atoms with Gasteiger partial charge in [0.1, 0.15) is 11.0 Å². The van der Waals surface area contributed by atoms with Gasteiger partial charge >= 0.3 is 6.03 Å². The molecule has 1 aliphatic heterocycles. The van der Waals surface area contributed by atoms with Crippen LogP contribution in [-0.2, 0) is 24.2 Å². The fourth-order valence-electron chi connectivity index (χ4n) is 2.96. The minimum atomic E-state index is -0.385. The van der Waals surface area contributed by atoms with Crippen LogP contribution in [0.2, 0.25) is 0 Å². The number of likely N-dealkylation sites (tertiary alicyclic amines) is 1. The quantitative estimate of drug-likeness (QED) is 0.915. The molecule has 3 amide bonds. The number of rotatable bonds is 3. The van der Waals surface area contributed by atoms with Crippen molar-refractivity contribution in [2.75, 3.05) is 20.6 Å². The summed E-state index contributed by atoms with van der Waals surface area (Å²) in [7, 11) is 3.51. The molecular formula is C15H22N4O2S. The number of aromatic nitrogens is 1. The number of fused-ring (bicyclic) bond motifs is 1. The van der Waals surface area contributed by atoms with Gasteiger partial charge in [0.15, 0.2) is 0 Å². The summed E-state index contributed by atoms with van der Waals surface area (Å²) in [5.74, 6) is -0.00790. The molecule has 0 spiro atoms. The standard InChI is InChI=1S/C15H22N4O2S/c1-18-8-7-11(14(18)20)17-15(21)19(2)9-13-16-10-5-3-4-6-12(10)22-13/h11H,3-9H2,1-2H3,(H,17,21)/t11-/m0/s1. The third-order valence-corrected chi connectivity index (χ3v) is 5.48. The highest BCUT2D eigenvalue weighted by molar-refractivity contribution is 7.11. The predicted molar refractivity (Wildman–Crippen MR) is 84.8 cm³/mol. The van der Waals surface area contributed by atoms with Crippen molar-refractivity contribution in [2.24, 2.45) is 0 Å². The molecule has 6 nitrogen and oxygen atoms in total. The highest BCUT2D eigenvalue weighted by Crippen LogP contribution is 2.27. The molecule has 120 valence electrons. The molecule has 0 saturated carbocycles. The van der Waals surface area contributed by atoms with Crippen LogP contribution in [-0.4, -0.2) is 53.4 Å². The summed E-state index contributed by atoms with van der Waals surface area (Å²) in [4.78, 5) is 33.3. The summed E-state index contributed by atoms with van der Waals surface area (Å²) < 4.78 is 0. The fraction of sp³-hybridized carbons (Fsp3) is 0.667. The van der Waals surface area contributed by atoms with Gasteiger partial charge in [0, 0.05) is 25.5 Å². The lowest BCUT2D eigenvalue weighted by Gasteiger charge is -2.19. The summed E-state index contributed by atoms with van der Waals surface area (Å²) in [6, 6.07) is -0.591. The van der Waals surface area contributed by atoms with Crippen molar-refractivity contribution in [3.05, 3.63) is 15.6 Å². The predicted octanol–water partition coefficient (Wildman–Crippen LogP) is 1.39. The van der Waals surface area contributed by atoms with E-state index in [1.165, 1.54) is 23.4 Å². The normalized spacial score (nSPS) is 20.9. The largest absolute Gasteiger partial charge is 0.344 e. The van der Waals surface area contributed by atoms with Crippen LogP contribution < -0.4 is 5.32 Å². The third-order valence-electron chi connectivity index (χ3n) is 4.33. The van der Waals surface area contributed by atoms with Gasteiger partial charge in [-0.1, -0.05) is 0 Å². The van der Waals surface area contributed by atoms with Crippen molar-refractivity contribution in [3.8, 4) is 0 Å². The first kappa shape index (κ1) is 15.3. The molecule has 2 aliphatic rings. The smallest absolute Gasteiger partial charge is 0.318 e. The summed E-state index contributed by atoms with van der Waals surface area (Å²) >= 11 is 1.72. The lowest BCUT2D eigenvalue weighted by molar-refractivity contribution is -0.128. The lowest BCUT2D eigenvalue weighted by Crippen LogP contribution is -2.46. The summed E-state index contributed by atoms with van der Waals surface area (Å²) in [5, 5.41) is 3.80. The van der Waals surface area contributed by atoms with E-state index in [0.717, 1.165) is 17.8 Å². The monoisotopic (exact) mass is 322 g/mol. The number of amides is 3. The Morgan fingerprint density at radius 2 is 2.23 bits per heavy atom. The number of aryl methyl sites for hydroxylation is 2. The molecule has 1 aromatic heterocycles. The number of likely N-dealkylation sites (N-methyl/N-ethyl adjacent to an activating group) is 1. The average Bonchev–Trinajstić information content (AvgIpc) is 3.04. The van der Waals surface area contributed by atoms with Gasteiger partial charge in [0.05, 0.1) is 12.2 Å². The highest BCUT2D eigenvalue weighted by atomic mass is 32.1. The first-order valence-corrected chi connectivity index (χ1v) is 8.60. The van der Waals surface area contributed by atoms with Crippen LogP contribution in [0.25, 0.3) is 0 Å². The van der Waals surface area contributed by atoms with Crippen LogP contribution >= 0.6 is 11.3 Å². The van der Waals surface area contributed by atoms with Gasteiger partial charge < -0.3 is 15.1 Å². The molecule has 3 rings (SSSR count). The third kappa shape index (κ3) is 3.09. The van der Waals surface area contributed by atoms with Crippen LogP contribution in [0.5, 0.6) is 0 Å². The summed E-state index contributed by atoms with van der Waals surface area (Å²) in [6.45, 7) is 1.20. The topological polar surface area (TPSA) is 65.5 Å². The zero-order chi connectivity index (χ0) is 15.7. The number of hydrogen-bond acceptors (Lipinski definition) is 4. The first-order chi connectivity index (χ1) is 10.5. The summed E-state index contributed by atoms with van der Waals surface area (Å²) in [5.41, 5.74) is 1.22. The Hall–Kier alpha value is -1.63. The first-order valence-electron chi connectivity index (χ1n) is 7.78. The molecule has 7 heteroatoms. The van der Waals surface area contributed by atoms with E-state index in [2.05, 4.69) is 10.3 Å². The van der Waals surface area contributed by atoms with E-state index in [1.54, 1.807) is 35.2 Å². The maximum Gasteiger partial charge on any atom is 0.318 e. The van der Waals surface area contributed by atoms with E-state index in [1.807, 2.05) is 0 Å². The van der Waals surface area contributed by atoms with Gasteiger partial charge in [-0.15, -0.1) is 11.3 Å². The van der Waals surface area contributed by atoms with Gasteiger partial charge in [-0.05, 0) is 32.1 Å². The molecule has 0 radical (unpaired) electrons. The van der Waals surface area contributed by atoms with Crippen molar-refractivity contribution < 1.29 is 9.59 Å². The molecule has 1 atom stereocenters. The van der Waals surface area contributed by atoms with Gasteiger partial charge in [-0.25, -0.2) is 9.78 Å². The van der Waals surface area contributed by atoms with Crippen molar-refractivity contribution in [1.29, 1.82) is 0 Å². The number of thiazole rings is 1. The Labute approximate surface area is 134 Å². The Bertz CT molecular complexity index is 563. The number of carbonyl (C=O) groups excluding carboxylic acids is 2. The number of hydrogen-bond donors (Lipinski definition) is 1. The van der Waals surface area contributed by atoms with Crippen LogP contribution in [0.1, 0.15) is 34.8 Å². The SMILES string of the molecule is CN(Cc1nc2c(s1)CCCC2)C(=O)N[C@H]1CCN(C)C1=O. The van der Waals surface area contributed by atoms with E-state index in [-0.39, 0.29) is 18.0 Å². The molecule has 1 fully saturated rings. The van der Waals surface area contributed by atoms with Crippen molar-refractivity contribution in [3.63, 3.8) is 0 Å². The molecular weight excluding hydrogens is 300 g/mol. The van der Waals surface area contributed by atoms with Crippen molar-refractivity contribution in [2.45, 2.75) is 44.7 Å². The molecule has 1 aliphatic carbocycles. The second kappa shape index (κ2) is 6.24. The Balaban J connectivity index is 1.57. The highest BCUT2D eigenvalue weighted by Gasteiger charge is 2.31. The minimum Gasteiger partial charge on any atom is -0.344 e. The molecule has 1 aromatic rings. The second-order valence-electron chi connectivity index (χ2n) is 6.09. The number of urea groups is 1. The number of nitrogens with one attached hydrogen (secondary N) is 1. The molecule has 22 heavy (non-hydrogen) atoms. The van der Waals surface area contributed by atoms with Gasteiger partial charge in [0.25, 0.3) is 0 Å². The van der Waals surface area contributed by atoms with E-state index in [0.29, 0.717) is 19.5 Å². The van der Waals surface area contributed by atoms with E-state index in [4.69, 9.17) is 0 Å². The Morgan fingerprint density at radius 3 is 2.91 bits per heavy atom. The molecule has 2 heterocycles. The van der Waals surface area contributed by atoms with Gasteiger partial charge in [-0.3, -0.25) is 4.79 Å². The van der Waals surface area contributed by atoms with Gasteiger partial charge in [-0.2, -0.15) is 0 Å². The number of carbonyl (C=O) groups is 2. The zero-order valence-corrected chi connectivity index (χ0v) is 13.9. The molecule has 1 saturated heterocycles. The second-order valence-corrected chi connectivity index (χ2v) is 7.26. The van der Waals surface area contributed by atoms with E-state index in [9.17, 15) is 9.59 Å². The molecule has 0 aromatic carbocycles. The van der Waals surface area contributed by atoms with Crippen LogP contribution in [0.15, 0.2) is 0 Å².